The Balaban J connectivity index is 2.87. The first-order valence-corrected chi connectivity index (χ1v) is 5.12. The minimum Gasteiger partial charge on any atom is -0.376 e. The van der Waals surface area contributed by atoms with Gasteiger partial charge < -0.3 is 4.90 Å². The number of nitrogens with zero attached hydrogens (tertiary/aromatic N) is 4. The highest BCUT2D eigenvalue weighted by Gasteiger charge is 2.00. The highest BCUT2D eigenvalue weighted by molar-refractivity contribution is 6.29. The van der Waals surface area contributed by atoms with E-state index >= 15 is 0 Å². The van der Waals surface area contributed by atoms with Crippen molar-refractivity contribution in [2.75, 3.05) is 19.0 Å². The number of benzene rings is 1. The van der Waals surface area contributed by atoms with E-state index in [4.69, 9.17) is 0 Å². The van der Waals surface area contributed by atoms with E-state index < -0.39 is 0 Å². The average molecular weight is 232 g/mol. The molecule has 0 amide bonds. The molecule has 0 fully saturated rings. The molecule has 0 unspecified atom stereocenters. The number of oxime groups is 2. The van der Waals surface area contributed by atoms with Crippen LogP contribution in [0.2, 0.25) is 0 Å². The predicted octanol–water partition coefficient (Wildman–Crippen LogP) is 2.46. The smallest absolute Gasteiger partial charge is 0.0981 e. The zero-order valence-corrected chi connectivity index (χ0v) is 10.3. The molecule has 90 valence electrons. The Labute approximate surface area is 101 Å². The first-order valence-electron chi connectivity index (χ1n) is 5.12. The van der Waals surface area contributed by atoms with Gasteiger partial charge in [-0.1, -0.05) is 22.4 Å². The minimum absolute atomic E-state index is 0.617. The van der Waals surface area contributed by atoms with Crippen LogP contribution in [0.1, 0.15) is 6.92 Å². The Morgan fingerprint density at radius 2 is 2.06 bits per heavy atom. The highest BCUT2D eigenvalue weighted by atomic mass is 16.8. The van der Waals surface area contributed by atoms with Gasteiger partial charge in [0.25, 0.3) is 0 Å². The summed E-state index contributed by atoms with van der Waals surface area (Å²) >= 11 is 0. The van der Waals surface area contributed by atoms with Gasteiger partial charge in [-0.15, -0.1) is 0 Å². The van der Waals surface area contributed by atoms with Crippen LogP contribution in [0.25, 0.3) is 0 Å². The molecule has 0 aliphatic carbocycles. The molecule has 0 aliphatic heterocycles. The van der Waals surface area contributed by atoms with Crippen LogP contribution in [0.15, 0.2) is 39.6 Å². The third-order valence-corrected chi connectivity index (χ3v) is 2.00. The van der Waals surface area contributed by atoms with Gasteiger partial charge in [0.05, 0.1) is 23.3 Å². The first-order chi connectivity index (χ1) is 8.15. The van der Waals surface area contributed by atoms with Gasteiger partial charge in [0.2, 0.25) is 0 Å². The normalized spacial score (nSPS) is 11.6. The lowest BCUT2D eigenvalue weighted by Gasteiger charge is -2.14. The maximum absolute atomic E-state index is 4.46. The van der Waals surface area contributed by atoms with Gasteiger partial charge in [-0.05, 0) is 19.1 Å². The van der Waals surface area contributed by atoms with Gasteiger partial charge in [-0.25, -0.2) is 4.94 Å². The van der Waals surface area contributed by atoms with Gasteiger partial charge in [-0.3, -0.25) is 4.99 Å². The zero-order valence-electron chi connectivity index (χ0n) is 10.3. The van der Waals surface area contributed by atoms with Crippen molar-refractivity contribution >= 4 is 30.0 Å². The zero-order chi connectivity index (χ0) is 12.7. The Morgan fingerprint density at radius 1 is 1.35 bits per heavy atom. The Morgan fingerprint density at radius 3 is 2.71 bits per heavy atom. The summed E-state index contributed by atoms with van der Waals surface area (Å²) in [6.07, 6.45) is 1.62. The summed E-state index contributed by atoms with van der Waals surface area (Å²) < 4.78 is 0. The predicted molar refractivity (Wildman–Crippen MR) is 72.7 cm³/mol. The average Bonchev–Trinajstić information content (AvgIpc) is 2.34. The molecule has 5 heteroatoms. The van der Waals surface area contributed by atoms with Crippen LogP contribution in [-0.4, -0.2) is 32.7 Å². The van der Waals surface area contributed by atoms with E-state index in [0.717, 1.165) is 11.4 Å². The highest BCUT2D eigenvalue weighted by Crippen LogP contribution is 2.25. The van der Waals surface area contributed by atoms with Crippen LogP contribution in [0, 0.1) is 0 Å². The van der Waals surface area contributed by atoms with Crippen molar-refractivity contribution in [1.29, 1.82) is 0 Å². The van der Waals surface area contributed by atoms with Crippen LogP contribution in [0.3, 0.4) is 0 Å². The number of hydrogen-bond donors (Lipinski definition) is 0. The SMILES string of the molecule is C=NO/N=C(\C)C=Nc1ccccc1N(C)C. The standard InChI is InChI=1S/C12H16N4O/c1-10(15-17-13-2)9-14-11-7-5-6-8-12(11)16(3)4/h5-9H,2H2,1,3-4H3/b14-9?,15-10+. The van der Waals surface area contributed by atoms with Crippen LogP contribution in [-0.2, 0) is 4.94 Å². The summed E-state index contributed by atoms with van der Waals surface area (Å²) in [5, 5.41) is 6.83. The van der Waals surface area contributed by atoms with E-state index in [9.17, 15) is 0 Å². The topological polar surface area (TPSA) is 49.6 Å². The summed E-state index contributed by atoms with van der Waals surface area (Å²) in [4.78, 5) is 10.8. The lowest BCUT2D eigenvalue weighted by molar-refractivity contribution is 0.159. The van der Waals surface area contributed by atoms with Gasteiger partial charge in [0, 0.05) is 20.8 Å². The van der Waals surface area contributed by atoms with Gasteiger partial charge in [0.15, 0.2) is 0 Å². The molecule has 0 bridgehead atoms. The van der Waals surface area contributed by atoms with E-state index in [-0.39, 0.29) is 0 Å². The van der Waals surface area contributed by atoms with Crippen LogP contribution in [0.5, 0.6) is 0 Å². The van der Waals surface area contributed by atoms with Crippen LogP contribution >= 0.6 is 0 Å². The van der Waals surface area contributed by atoms with Gasteiger partial charge in [-0.2, -0.15) is 0 Å². The number of anilines is 1. The number of para-hydroxylation sites is 2. The fraction of sp³-hybridized carbons (Fsp3) is 0.250. The van der Waals surface area contributed by atoms with E-state index in [0.29, 0.717) is 5.71 Å². The lowest BCUT2D eigenvalue weighted by atomic mass is 10.2. The Bertz CT molecular complexity index is 438. The molecule has 0 saturated carbocycles. The van der Waals surface area contributed by atoms with Crippen molar-refractivity contribution in [3.63, 3.8) is 0 Å². The second-order valence-electron chi connectivity index (χ2n) is 3.58. The molecule has 0 aliphatic rings. The monoisotopic (exact) mass is 232 g/mol. The third-order valence-electron chi connectivity index (χ3n) is 2.00. The molecule has 17 heavy (non-hydrogen) atoms. The lowest BCUT2D eigenvalue weighted by Crippen LogP contribution is -2.08. The molecular weight excluding hydrogens is 216 g/mol. The van der Waals surface area contributed by atoms with E-state index in [1.807, 2.05) is 43.3 Å². The van der Waals surface area contributed by atoms with E-state index in [2.05, 4.69) is 27.0 Å². The van der Waals surface area contributed by atoms with E-state index in [1.165, 1.54) is 0 Å². The quantitative estimate of drug-likeness (QED) is 0.578. The number of hydrogen-bond acceptors (Lipinski definition) is 5. The molecule has 0 saturated heterocycles. The molecule has 0 spiro atoms. The van der Waals surface area contributed by atoms with Crippen LogP contribution in [0.4, 0.5) is 11.4 Å². The summed E-state index contributed by atoms with van der Waals surface area (Å²) in [6.45, 7) is 4.93. The maximum atomic E-state index is 4.46. The summed E-state index contributed by atoms with van der Waals surface area (Å²) in [5.41, 5.74) is 2.53. The molecule has 0 aromatic heterocycles. The molecule has 0 heterocycles. The maximum Gasteiger partial charge on any atom is 0.0981 e. The molecular formula is C12H16N4O. The molecule has 1 aromatic carbocycles. The molecule has 0 radical (unpaired) electrons. The van der Waals surface area contributed by atoms with Crippen molar-refractivity contribution in [3.05, 3.63) is 24.3 Å². The molecule has 5 nitrogen and oxygen atoms in total. The van der Waals surface area contributed by atoms with E-state index in [1.54, 1.807) is 13.1 Å². The van der Waals surface area contributed by atoms with Crippen molar-refractivity contribution in [2.24, 2.45) is 15.3 Å². The fourth-order valence-corrected chi connectivity index (χ4v) is 1.23. The van der Waals surface area contributed by atoms with Gasteiger partial charge in [0.1, 0.15) is 0 Å². The minimum atomic E-state index is 0.617. The molecule has 1 aromatic rings. The second-order valence-corrected chi connectivity index (χ2v) is 3.58. The first kappa shape index (κ1) is 12.9. The molecule has 1 rings (SSSR count). The Hall–Kier alpha value is -2.17. The third kappa shape index (κ3) is 4.06. The number of rotatable bonds is 5. The Kier molecular flexibility index (Phi) is 4.87. The second kappa shape index (κ2) is 6.42. The summed E-state index contributed by atoms with van der Waals surface area (Å²) in [6, 6.07) is 7.85. The fourth-order valence-electron chi connectivity index (χ4n) is 1.23. The largest absolute Gasteiger partial charge is 0.376 e. The van der Waals surface area contributed by atoms with Gasteiger partial charge >= 0.3 is 0 Å². The van der Waals surface area contributed by atoms with Crippen molar-refractivity contribution in [1.82, 2.24) is 0 Å². The van der Waals surface area contributed by atoms with Crippen molar-refractivity contribution < 1.29 is 4.94 Å². The van der Waals surface area contributed by atoms with Crippen molar-refractivity contribution in [3.8, 4) is 0 Å². The van der Waals surface area contributed by atoms with Crippen molar-refractivity contribution in [2.45, 2.75) is 6.92 Å². The molecule has 0 atom stereocenters. The molecule has 0 N–H and O–H groups in total. The number of aliphatic imine (C=N–C) groups is 1. The summed E-state index contributed by atoms with van der Waals surface area (Å²) in [7, 11) is 3.94. The van der Waals surface area contributed by atoms with Crippen LogP contribution < -0.4 is 4.90 Å². The summed E-state index contributed by atoms with van der Waals surface area (Å²) in [5.74, 6) is 0.